The molecule has 0 aliphatic heterocycles. The molecule has 162 valence electrons. The summed E-state index contributed by atoms with van der Waals surface area (Å²) in [6, 6.07) is 15.8. The number of rotatable bonds is 5. The number of amides is 2. The number of aromatic nitrogens is 3. The topological polar surface area (TPSA) is 118 Å². The molecule has 9 heteroatoms. The number of anilines is 2. The van der Waals surface area contributed by atoms with Crippen molar-refractivity contribution < 1.29 is 9.59 Å². The first-order valence-corrected chi connectivity index (χ1v) is 9.88. The lowest BCUT2D eigenvalue weighted by Crippen LogP contribution is -2.36. The molecular weight excluding hydrogens is 410 g/mol. The molecule has 0 spiro atoms. The van der Waals surface area contributed by atoms with Gasteiger partial charge in [-0.1, -0.05) is 30.3 Å². The van der Waals surface area contributed by atoms with Crippen molar-refractivity contribution in [2.75, 3.05) is 10.6 Å². The minimum atomic E-state index is -0.591. The molecule has 0 bridgehead atoms. The lowest BCUT2D eigenvalue weighted by atomic mass is 10.2. The van der Waals surface area contributed by atoms with Crippen molar-refractivity contribution in [1.82, 2.24) is 14.1 Å². The summed E-state index contributed by atoms with van der Waals surface area (Å²) < 4.78 is 2.64. The fourth-order valence-electron chi connectivity index (χ4n) is 3.53. The van der Waals surface area contributed by atoms with Gasteiger partial charge in [0.05, 0.1) is 17.6 Å². The van der Waals surface area contributed by atoms with Crippen molar-refractivity contribution in [2.24, 2.45) is 7.05 Å². The molecule has 0 atom stereocenters. The molecule has 4 rings (SSSR count). The lowest BCUT2D eigenvalue weighted by Gasteiger charge is -2.07. The molecule has 3 N–H and O–H groups in total. The highest BCUT2D eigenvalue weighted by Gasteiger charge is 2.20. The third kappa shape index (κ3) is 4.08. The third-order valence-corrected chi connectivity index (χ3v) is 5.00. The van der Waals surface area contributed by atoms with E-state index in [0.29, 0.717) is 11.4 Å². The molecule has 0 aliphatic carbocycles. The highest BCUT2D eigenvalue weighted by Crippen LogP contribution is 2.18. The Morgan fingerprint density at radius 1 is 0.938 bits per heavy atom. The lowest BCUT2D eigenvalue weighted by molar-refractivity contribution is -0.114. The van der Waals surface area contributed by atoms with Gasteiger partial charge in [0.2, 0.25) is 5.91 Å². The van der Waals surface area contributed by atoms with E-state index in [4.69, 9.17) is 0 Å². The van der Waals surface area contributed by atoms with Crippen LogP contribution in [0.1, 0.15) is 22.8 Å². The summed E-state index contributed by atoms with van der Waals surface area (Å²) in [7, 11) is 1.65. The second-order valence-corrected chi connectivity index (χ2v) is 7.40. The highest BCUT2D eigenvalue weighted by atomic mass is 16.2. The van der Waals surface area contributed by atoms with E-state index >= 15 is 0 Å². The van der Waals surface area contributed by atoms with Gasteiger partial charge >= 0.3 is 5.69 Å². The van der Waals surface area contributed by atoms with E-state index in [0.717, 1.165) is 10.1 Å². The molecule has 0 saturated carbocycles. The number of hydrogen-bond donors (Lipinski definition) is 3. The molecule has 0 saturated heterocycles. The van der Waals surface area contributed by atoms with Gasteiger partial charge in [0.25, 0.3) is 11.5 Å². The number of aromatic amines is 1. The number of nitrogens with zero attached hydrogens (tertiary/aromatic N) is 2. The molecule has 2 aromatic heterocycles. The maximum Gasteiger partial charge on any atom is 0.329 e. The predicted octanol–water partition coefficient (Wildman–Crippen LogP) is 2.29. The summed E-state index contributed by atoms with van der Waals surface area (Å²) in [5, 5.41) is 5.39. The standard InChI is InChI=1S/C23H21N5O4/c1-14(29)24-16-8-10-17(11-9-16)25-21(30)18-13-27(2)20-19(18)26-23(32)28(22(20)31)12-15-6-4-3-5-7-15/h3-11,13H,12H2,1-2H3,(H,24,29)(H,25,30)(H,26,32). The van der Waals surface area contributed by atoms with E-state index in [2.05, 4.69) is 15.6 Å². The average molecular weight is 431 g/mol. The number of fused-ring (bicyclic) bond motifs is 1. The van der Waals surface area contributed by atoms with E-state index in [1.54, 1.807) is 31.3 Å². The van der Waals surface area contributed by atoms with Crippen LogP contribution in [-0.4, -0.2) is 25.9 Å². The van der Waals surface area contributed by atoms with Crippen LogP contribution in [-0.2, 0) is 18.4 Å². The number of aryl methyl sites for hydroxylation is 1. The van der Waals surface area contributed by atoms with E-state index in [1.807, 2.05) is 30.3 Å². The van der Waals surface area contributed by atoms with Crippen molar-refractivity contribution in [3.05, 3.63) is 92.8 Å². The van der Waals surface area contributed by atoms with Gasteiger partial charge in [-0.25, -0.2) is 4.79 Å². The molecule has 32 heavy (non-hydrogen) atoms. The Morgan fingerprint density at radius 2 is 1.56 bits per heavy atom. The van der Waals surface area contributed by atoms with Gasteiger partial charge in [0, 0.05) is 31.5 Å². The molecule has 0 radical (unpaired) electrons. The first-order valence-electron chi connectivity index (χ1n) is 9.88. The van der Waals surface area contributed by atoms with E-state index in [9.17, 15) is 19.2 Å². The second-order valence-electron chi connectivity index (χ2n) is 7.40. The predicted molar refractivity (Wildman–Crippen MR) is 122 cm³/mol. The van der Waals surface area contributed by atoms with E-state index in [1.165, 1.54) is 17.7 Å². The van der Waals surface area contributed by atoms with Crippen LogP contribution < -0.4 is 21.9 Å². The largest absolute Gasteiger partial charge is 0.344 e. The van der Waals surface area contributed by atoms with Gasteiger partial charge in [0.1, 0.15) is 5.52 Å². The van der Waals surface area contributed by atoms with Crippen LogP contribution in [0.4, 0.5) is 11.4 Å². The molecule has 0 fully saturated rings. The van der Waals surface area contributed by atoms with Crippen molar-refractivity contribution in [1.29, 1.82) is 0 Å². The molecule has 9 nitrogen and oxygen atoms in total. The highest BCUT2D eigenvalue weighted by molar-refractivity contribution is 6.11. The van der Waals surface area contributed by atoms with Gasteiger partial charge in [-0.15, -0.1) is 0 Å². The van der Waals surface area contributed by atoms with Gasteiger partial charge < -0.3 is 20.2 Å². The maximum atomic E-state index is 13.1. The quantitative estimate of drug-likeness (QED) is 0.449. The van der Waals surface area contributed by atoms with Crippen molar-refractivity contribution in [3.63, 3.8) is 0 Å². The van der Waals surface area contributed by atoms with Crippen LogP contribution in [0, 0.1) is 0 Å². The summed E-state index contributed by atoms with van der Waals surface area (Å²) in [6.07, 6.45) is 1.51. The minimum absolute atomic E-state index is 0.123. The van der Waals surface area contributed by atoms with Crippen molar-refractivity contribution >= 4 is 34.2 Å². The molecule has 2 heterocycles. The van der Waals surface area contributed by atoms with Crippen molar-refractivity contribution in [3.8, 4) is 0 Å². The minimum Gasteiger partial charge on any atom is -0.344 e. The fourth-order valence-corrected chi connectivity index (χ4v) is 3.53. The molecule has 0 unspecified atom stereocenters. The number of carbonyl (C=O) groups excluding carboxylic acids is 2. The molecular formula is C23H21N5O4. The Bertz CT molecular complexity index is 1430. The van der Waals surface area contributed by atoms with Gasteiger partial charge in [-0.05, 0) is 29.8 Å². The number of hydrogen-bond acceptors (Lipinski definition) is 4. The number of nitrogens with one attached hydrogen (secondary N) is 3. The van der Waals surface area contributed by atoms with E-state index < -0.39 is 17.2 Å². The first kappa shape index (κ1) is 20.9. The SMILES string of the molecule is CC(=O)Nc1ccc(NC(=O)c2cn(C)c3c(=O)n(Cc4ccccc4)c(=O)[nH]c23)cc1. The summed E-state index contributed by atoms with van der Waals surface area (Å²) in [4.78, 5) is 52.4. The van der Waals surface area contributed by atoms with Gasteiger partial charge in [-0.3, -0.25) is 19.0 Å². The van der Waals surface area contributed by atoms with Crippen LogP contribution in [0.3, 0.4) is 0 Å². The zero-order chi connectivity index (χ0) is 22.8. The van der Waals surface area contributed by atoms with Crippen LogP contribution in [0.5, 0.6) is 0 Å². The Balaban J connectivity index is 1.66. The second kappa shape index (κ2) is 8.38. The summed E-state index contributed by atoms with van der Waals surface area (Å²) >= 11 is 0. The zero-order valence-corrected chi connectivity index (χ0v) is 17.5. The van der Waals surface area contributed by atoms with Crippen LogP contribution in [0.25, 0.3) is 11.0 Å². The molecule has 2 amide bonds. The first-order chi connectivity index (χ1) is 15.3. The number of carbonyl (C=O) groups is 2. The van der Waals surface area contributed by atoms with E-state index in [-0.39, 0.29) is 29.0 Å². The Labute approximate surface area is 182 Å². The Hall–Kier alpha value is -4.40. The molecule has 2 aromatic carbocycles. The van der Waals surface area contributed by atoms with Crippen molar-refractivity contribution in [2.45, 2.75) is 13.5 Å². The Kier molecular flexibility index (Phi) is 5.46. The smallest absolute Gasteiger partial charge is 0.329 e. The van der Waals surface area contributed by atoms with Crippen LogP contribution >= 0.6 is 0 Å². The average Bonchev–Trinajstić information content (AvgIpc) is 3.09. The summed E-state index contributed by atoms with van der Waals surface area (Å²) in [6.45, 7) is 1.53. The number of benzene rings is 2. The summed E-state index contributed by atoms with van der Waals surface area (Å²) in [5.41, 5.74) is 1.43. The maximum absolute atomic E-state index is 13.1. The Morgan fingerprint density at radius 3 is 2.19 bits per heavy atom. The van der Waals surface area contributed by atoms with Crippen LogP contribution in [0.2, 0.25) is 0 Å². The molecule has 0 aliphatic rings. The monoisotopic (exact) mass is 431 g/mol. The number of H-pyrrole nitrogens is 1. The fraction of sp³-hybridized carbons (Fsp3) is 0.130. The summed E-state index contributed by atoms with van der Waals surface area (Å²) in [5.74, 6) is -0.668. The van der Waals surface area contributed by atoms with Gasteiger partial charge in [-0.2, -0.15) is 0 Å². The zero-order valence-electron chi connectivity index (χ0n) is 17.5. The molecule has 4 aromatic rings. The van der Waals surface area contributed by atoms with Crippen LogP contribution in [0.15, 0.2) is 70.4 Å². The third-order valence-electron chi connectivity index (χ3n) is 5.00. The normalized spacial score (nSPS) is 10.8. The van der Waals surface area contributed by atoms with Gasteiger partial charge in [0.15, 0.2) is 0 Å².